The Hall–Kier alpha value is -0.950. The van der Waals surface area contributed by atoms with Crippen molar-refractivity contribution in [2.24, 2.45) is 0 Å². The monoisotopic (exact) mass is 298 g/mol. The number of nitrogens with one attached hydrogen (secondary N) is 1. The Morgan fingerprint density at radius 3 is 2.50 bits per heavy atom. The quantitative estimate of drug-likeness (QED) is 0.872. The van der Waals surface area contributed by atoms with Gasteiger partial charge in [0.2, 0.25) is 0 Å². The molecular formula is C14H22N2O3S. The van der Waals surface area contributed by atoms with Crippen LogP contribution < -0.4 is 4.72 Å². The second-order valence-corrected chi connectivity index (χ2v) is 7.53. The summed E-state index contributed by atoms with van der Waals surface area (Å²) in [5, 5.41) is 9.65. The number of rotatable bonds is 4. The molecule has 0 spiro atoms. The van der Waals surface area contributed by atoms with Crippen molar-refractivity contribution in [2.75, 3.05) is 6.54 Å². The highest BCUT2D eigenvalue weighted by atomic mass is 32.2. The first-order chi connectivity index (χ1) is 9.22. The van der Waals surface area contributed by atoms with Crippen molar-refractivity contribution in [1.82, 2.24) is 9.03 Å². The molecule has 6 heteroatoms. The number of fused-ring (bicyclic) bond motifs is 1. The standard InChI is InChI=1S/C14H22N2O3S/c1-11(17)14(2,3)15-20(18,19)16-9-8-12-6-4-5-7-13(12)10-16/h4-7,11,15,17H,8-10H2,1-3H3. The van der Waals surface area contributed by atoms with Gasteiger partial charge in [-0.15, -0.1) is 0 Å². The minimum Gasteiger partial charge on any atom is -0.391 e. The number of aliphatic hydroxyl groups is 1. The fraction of sp³-hybridized carbons (Fsp3) is 0.571. The fourth-order valence-corrected chi connectivity index (χ4v) is 3.76. The lowest BCUT2D eigenvalue weighted by Gasteiger charge is -2.34. The van der Waals surface area contributed by atoms with Crippen LogP contribution >= 0.6 is 0 Å². The average molecular weight is 298 g/mol. The summed E-state index contributed by atoms with van der Waals surface area (Å²) in [4.78, 5) is 0. The van der Waals surface area contributed by atoms with E-state index in [4.69, 9.17) is 0 Å². The van der Waals surface area contributed by atoms with Crippen molar-refractivity contribution < 1.29 is 13.5 Å². The Morgan fingerprint density at radius 2 is 1.90 bits per heavy atom. The molecule has 1 unspecified atom stereocenters. The topological polar surface area (TPSA) is 69.6 Å². The molecule has 112 valence electrons. The molecule has 1 aromatic rings. The summed E-state index contributed by atoms with van der Waals surface area (Å²) in [6, 6.07) is 7.88. The molecule has 0 fully saturated rings. The third kappa shape index (κ3) is 3.20. The summed E-state index contributed by atoms with van der Waals surface area (Å²) in [7, 11) is -3.61. The molecule has 0 saturated carbocycles. The predicted molar refractivity (Wildman–Crippen MR) is 78.4 cm³/mol. The van der Waals surface area contributed by atoms with E-state index in [1.807, 2.05) is 24.3 Å². The largest absolute Gasteiger partial charge is 0.391 e. The van der Waals surface area contributed by atoms with Gasteiger partial charge in [0.05, 0.1) is 11.6 Å². The van der Waals surface area contributed by atoms with Crippen molar-refractivity contribution >= 4 is 10.2 Å². The Labute approximate surface area is 120 Å². The molecule has 20 heavy (non-hydrogen) atoms. The van der Waals surface area contributed by atoms with Gasteiger partial charge in [0.25, 0.3) is 10.2 Å². The van der Waals surface area contributed by atoms with E-state index in [0.717, 1.165) is 5.56 Å². The van der Waals surface area contributed by atoms with E-state index in [0.29, 0.717) is 19.5 Å². The van der Waals surface area contributed by atoms with Crippen LogP contribution in [0.25, 0.3) is 0 Å². The first-order valence-electron chi connectivity index (χ1n) is 6.76. The fourth-order valence-electron chi connectivity index (χ4n) is 2.16. The molecule has 2 rings (SSSR count). The maximum Gasteiger partial charge on any atom is 0.280 e. The molecule has 1 aliphatic rings. The zero-order chi connectivity index (χ0) is 15.0. The zero-order valence-corrected chi connectivity index (χ0v) is 12.9. The number of aliphatic hydroxyl groups excluding tert-OH is 1. The van der Waals surface area contributed by atoms with E-state index >= 15 is 0 Å². The summed E-state index contributed by atoms with van der Waals surface area (Å²) in [5.74, 6) is 0. The third-order valence-corrected chi connectivity index (χ3v) is 5.65. The maximum absolute atomic E-state index is 12.4. The van der Waals surface area contributed by atoms with Gasteiger partial charge in [-0.2, -0.15) is 17.4 Å². The van der Waals surface area contributed by atoms with E-state index in [1.54, 1.807) is 20.8 Å². The molecule has 0 aromatic heterocycles. The SMILES string of the molecule is CC(O)C(C)(C)NS(=O)(=O)N1CCc2ccccc2C1. The lowest BCUT2D eigenvalue weighted by atomic mass is 10.0. The Morgan fingerprint density at radius 1 is 1.30 bits per heavy atom. The van der Waals surface area contributed by atoms with Crippen LogP contribution in [0, 0.1) is 0 Å². The van der Waals surface area contributed by atoms with Gasteiger partial charge in [-0.25, -0.2) is 0 Å². The molecule has 5 nitrogen and oxygen atoms in total. The number of nitrogens with zero attached hydrogens (tertiary/aromatic N) is 1. The molecule has 0 saturated heterocycles. The van der Waals surface area contributed by atoms with Gasteiger partial charge >= 0.3 is 0 Å². The lowest BCUT2D eigenvalue weighted by Crippen LogP contribution is -2.55. The molecule has 0 aliphatic carbocycles. The molecule has 2 N–H and O–H groups in total. The molecule has 0 radical (unpaired) electrons. The number of hydrogen-bond donors (Lipinski definition) is 2. The van der Waals surface area contributed by atoms with E-state index in [9.17, 15) is 13.5 Å². The van der Waals surface area contributed by atoms with E-state index in [1.165, 1.54) is 9.87 Å². The van der Waals surface area contributed by atoms with Crippen molar-refractivity contribution in [2.45, 2.75) is 45.4 Å². The highest BCUT2D eigenvalue weighted by molar-refractivity contribution is 7.87. The average Bonchev–Trinajstić information content (AvgIpc) is 2.36. The first-order valence-corrected chi connectivity index (χ1v) is 8.20. The van der Waals surface area contributed by atoms with Gasteiger partial charge in [0.15, 0.2) is 0 Å². The lowest BCUT2D eigenvalue weighted by molar-refractivity contribution is 0.110. The summed E-state index contributed by atoms with van der Waals surface area (Å²) in [6.45, 7) is 5.76. The molecule has 0 bridgehead atoms. The van der Waals surface area contributed by atoms with E-state index in [2.05, 4.69) is 4.72 Å². The van der Waals surface area contributed by atoms with Crippen LogP contribution in [0.3, 0.4) is 0 Å². The summed E-state index contributed by atoms with van der Waals surface area (Å²) < 4.78 is 28.8. The molecule has 1 atom stereocenters. The smallest absolute Gasteiger partial charge is 0.280 e. The van der Waals surface area contributed by atoms with Crippen LogP contribution in [0.15, 0.2) is 24.3 Å². The molecule has 1 heterocycles. The van der Waals surface area contributed by atoms with Gasteiger partial charge < -0.3 is 5.11 Å². The van der Waals surface area contributed by atoms with Gasteiger partial charge in [-0.3, -0.25) is 0 Å². The zero-order valence-electron chi connectivity index (χ0n) is 12.1. The van der Waals surface area contributed by atoms with E-state index < -0.39 is 21.9 Å². The minimum absolute atomic E-state index is 0.376. The van der Waals surface area contributed by atoms with Gasteiger partial charge in [-0.1, -0.05) is 24.3 Å². The highest BCUT2D eigenvalue weighted by Gasteiger charge is 2.34. The van der Waals surface area contributed by atoms with Crippen molar-refractivity contribution in [3.05, 3.63) is 35.4 Å². The Balaban J connectivity index is 2.17. The number of benzene rings is 1. The third-order valence-electron chi connectivity index (χ3n) is 3.87. The second kappa shape index (κ2) is 5.44. The molecule has 1 aliphatic heterocycles. The Bertz CT molecular complexity index is 582. The predicted octanol–water partition coefficient (Wildman–Crippen LogP) is 1.04. The molecule has 1 aromatic carbocycles. The van der Waals surface area contributed by atoms with Gasteiger partial charge in [-0.05, 0) is 38.3 Å². The summed E-state index contributed by atoms with van der Waals surface area (Å²) >= 11 is 0. The number of hydrogen-bond acceptors (Lipinski definition) is 3. The van der Waals surface area contributed by atoms with Crippen molar-refractivity contribution in [3.63, 3.8) is 0 Å². The van der Waals surface area contributed by atoms with E-state index in [-0.39, 0.29) is 0 Å². The second-order valence-electron chi connectivity index (χ2n) is 5.86. The first kappa shape index (κ1) is 15.4. The molecular weight excluding hydrogens is 276 g/mol. The highest BCUT2D eigenvalue weighted by Crippen LogP contribution is 2.21. The van der Waals surface area contributed by atoms with Crippen LogP contribution in [0.4, 0.5) is 0 Å². The molecule has 0 amide bonds. The summed E-state index contributed by atoms with van der Waals surface area (Å²) in [6.07, 6.45) is -0.0546. The van der Waals surface area contributed by atoms with Gasteiger partial charge in [0.1, 0.15) is 0 Å². The summed E-state index contributed by atoms with van der Waals surface area (Å²) in [5.41, 5.74) is 1.35. The van der Waals surface area contributed by atoms with Gasteiger partial charge in [0, 0.05) is 13.1 Å². The Kier molecular flexibility index (Phi) is 4.20. The maximum atomic E-state index is 12.4. The van der Waals surface area contributed by atoms with Crippen LogP contribution in [0.1, 0.15) is 31.9 Å². The van der Waals surface area contributed by atoms with Crippen LogP contribution in [-0.2, 0) is 23.2 Å². The van der Waals surface area contributed by atoms with Crippen molar-refractivity contribution in [3.8, 4) is 0 Å². The minimum atomic E-state index is -3.61. The normalized spacial score (nSPS) is 18.6. The van der Waals surface area contributed by atoms with Crippen molar-refractivity contribution in [1.29, 1.82) is 0 Å². The van der Waals surface area contributed by atoms with Crippen LogP contribution in [0.5, 0.6) is 0 Å². The van der Waals surface area contributed by atoms with Crippen LogP contribution in [-0.4, -0.2) is 36.0 Å². The van der Waals surface area contributed by atoms with Crippen LogP contribution in [0.2, 0.25) is 0 Å².